The van der Waals surface area contributed by atoms with Gasteiger partial charge in [0.25, 0.3) is 0 Å². The molecule has 0 saturated heterocycles. The van der Waals surface area contributed by atoms with E-state index in [4.69, 9.17) is 63.5 Å². The van der Waals surface area contributed by atoms with Crippen LogP contribution in [-0.2, 0) is 68.3 Å². The third-order valence-electron chi connectivity index (χ3n) is 5.64. The third kappa shape index (κ3) is 38.1. The van der Waals surface area contributed by atoms with Gasteiger partial charge in [0, 0.05) is 19.6 Å². The zero-order valence-corrected chi connectivity index (χ0v) is 30.1. The topological polar surface area (TPSA) is 154 Å². The average Bonchev–Trinajstić information content (AvgIpc) is 3.01. The van der Waals surface area contributed by atoms with E-state index in [0.29, 0.717) is 138 Å². The largest absolute Gasteiger partial charge is 0.780 e. The van der Waals surface area contributed by atoms with Gasteiger partial charge in [-0.2, -0.15) is 0 Å². The molecule has 0 radical (unpaired) electrons. The summed E-state index contributed by atoms with van der Waals surface area (Å²) in [5.41, 5.74) is 0. The molecule has 0 spiro atoms. The van der Waals surface area contributed by atoms with Gasteiger partial charge in [-0.3, -0.25) is 4.79 Å². The predicted molar refractivity (Wildman–Crippen MR) is 176 cm³/mol. The number of ether oxygens (including phenoxy) is 9. The normalized spacial score (nSPS) is 13.0. The highest BCUT2D eigenvalue weighted by atomic mass is 32.5. The van der Waals surface area contributed by atoms with Crippen molar-refractivity contribution in [1.82, 2.24) is 5.32 Å². The lowest BCUT2D eigenvalue weighted by molar-refractivity contribution is -0.209. The van der Waals surface area contributed by atoms with Crippen LogP contribution in [0, 0.1) is 0 Å². The fraction of sp³-hybridized carbons (Fsp3) is 0.967. The van der Waals surface area contributed by atoms with Crippen LogP contribution in [-0.4, -0.2) is 144 Å². The van der Waals surface area contributed by atoms with Gasteiger partial charge in [0.05, 0.1) is 125 Å². The van der Waals surface area contributed by atoms with Crippen molar-refractivity contribution in [3.63, 3.8) is 0 Å². The molecular weight excluding hydrogens is 645 g/mol. The Kier molecular flexibility index (Phi) is 35.7. The number of rotatable bonds is 38. The smallest absolute Gasteiger partial charge is 0.222 e. The molecule has 276 valence electrons. The van der Waals surface area contributed by atoms with Gasteiger partial charge >= 0.3 is 0 Å². The number of nitrogens with one attached hydrogen (secondary N) is 1. The van der Waals surface area contributed by atoms with E-state index in [1.165, 1.54) is 0 Å². The van der Waals surface area contributed by atoms with E-state index in [0.717, 1.165) is 25.7 Å². The first-order chi connectivity index (χ1) is 22.4. The van der Waals surface area contributed by atoms with Crippen LogP contribution in [0.15, 0.2) is 0 Å². The van der Waals surface area contributed by atoms with Crippen molar-refractivity contribution in [2.45, 2.75) is 59.0 Å². The summed E-state index contributed by atoms with van der Waals surface area (Å²) in [7, 11) is 0. The first-order valence-corrected chi connectivity index (χ1v) is 19.0. The van der Waals surface area contributed by atoms with E-state index >= 15 is 0 Å². The Labute approximate surface area is 281 Å². The number of hydrogen-bond acceptors (Lipinski definition) is 14. The Balaban J connectivity index is 3.20. The minimum Gasteiger partial charge on any atom is -0.780 e. The number of carbonyl (C=O) groups is 1. The van der Waals surface area contributed by atoms with Crippen molar-refractivity contribution in [3.8, 4) is 0 Å². The van der Waals surface area contributed by atoms with Gasteiger partial charge in [-0.1, -0.05) is 24.6 Å². The second-order valence-electron chi connectivity index (χ2n) is 10.0. The molecule has 0 fully saturated rings. The molecule has 16 heteroatoms. The molecule has 1 atom stereocenters. The lowest BCUT2D eigenvalue weighted by atomic mass is 10.2. The van der Waals surface area contributed by atoms with E-state index in [1.807, 2.05) is 6.92 Å². The Hall–Kier alpha value is -0.360. The molecule has 0 aliphatic rings. The van der Waals surface area contributed by atoms with Gasteiger partial charge in [0.2, 0.25) is 5.91 Å². The first-order valence-electron chi connectivity index (χ1n) is 16.5. The summed E-state index contributed by atoms with van der Waals surface area (Å²) in [4.78, 5) is 23.7. The molecule has 0 rings (SSSR count). The van der Waals surface area contributed by atoms with Gasteiger partial charge in [-0.25, -0.2) is 0 Å². The predicted octanol–water partition coefficient (Wildman–Crippen LogP) is 2.25. The fourth-order valence-electron chi connectivity index (χ4n) is 3.43. The molecule has 14 nitrogen and oxygen atoms in total. The van der Waals surface area contributed by atoms with Crippen LogP contribution in [0.2, 0.25) is 0 Å². The van der Waals surface area contributed by atoms with E-state index < -0.39 is 6.72 Å². The van der Waals surface area contributed by atoms with Crippen LogP contribution in [0.5, 0.6) is 0 Å². The van der Waals surface area contributed by atoms with Crippen molar-refractivity contribution >= 4 is 24.4 Å². The Morgan fingerprint density at radius 2 is 0.957 bits per heavy atom. The minimum atomic E-state index is -3.38. The summed E-state index contributed by atoms with van der Waals surface area (Å²) in [6.45, 7) is 12.2. The Bertz CT molecular complexity index is 697. The van der Waals surface area contributed by atoms with Crippen molar-refractivity contribution in [3.05, 3.63) is 0 Å². The van der Waals surface area contributed by atoms with Crippen LogP contribution in [0.1, 0.15) is 52.9 Å². The summed E-state index contributed by atoms with van der Waals surface area (Å²) in [5, 5.41) is 2.88. The van der Waals surface area contributed by atoms with Crippen molar-refractivity contribution < 1.29 is 61.4 Å². The summed E-state index contributed by atoms with van der Waals surface area (Å²) in [6.07, 6.45) is 3.51. The number of unbranched alkanes of at least 4 members (excludes halogenated alkanes) is 3. The summed E-state index contributed by atoms with van der Waals surface area (Å²) < 4.78 is 58.9. The lowest BCUT2D eigenvalue weighted by Crippen LogP contribution is -2.25. The highest BCUT2D eigenvalue weighted by molar-refractivity contribution is 8.06. The second-order valence-corrected chi connectivity index (χ2v) is 12.7. The molecule has 0 saturated carbocycles. The molecule has 0 bridgehead atoms. The molecule has 1 amide bonds. The minimum absolute atomic E-state index is 0.0396. The van der Waals surface area contributed by atoms with Gasteiger partial charge < -0.3 is 61.9 Å². The quantitative estimate of drug-likeness (QED) is 0.0738. The highest BCUT2D eigenvalue weighted by Crippen LogP contribution is 2.40. The standard InChI is InChI=1S/C30H62NO13PS/c1-4-34-13-14-36-17-18-38-21-22-40-25-26-42-28-27-41-24-23-39-20-19-37-16-15-35-12-9-30(32)31-10-7-5-6-8-11-43-45(33,46)44-29(2)3/h29H,4-28H2,1-3H3,(H,31,32)(H,33,46)/p-1. The van der Waals surface area contributed by atoms with Gasteiger partial charge in [0.1, 0.15) is 6.72 Å². The third-order valence-corrected chi connectivity index (χ3v) is 7.39. The Morgan fingerprint density at radius 3 is 1.35 bits per heavy atom. The average molecular weight is 707 g/mol. The number of carbonyl (C=O) groups excluding carboxylic acids is 1. The van der Waals surface area contributed by atoms with Gasteiger partial charge in [-0.15, -0.1) is 0 Å². The molecular formula is C30H61NO13PS-. The van der Waals surface area contributed by atoms with Crippen LogP contribution in [0.3, 0.4) is 0 Å². The number of amides is 1. The van der Waals surface area contributed by atoms with Crippen molar-refractivity contribution in [2.75, 3.05) is 132 Å². The second kappa shape index (κ2) is 35.9. The molecule has 0 aliphatic carbocycles. The van der Waals surface area contributed by atoms with E-state index in [9.17, 15) is 9.69 Å². The molecule has 0 aliphatic heterocycles. The SMILES string of the molecule is CCOCCOCCOCCOCCOCCOCCOCCOCCOCCC(=O)NCCCCCCOP([O-])(=S)OC(C)C. The van der Waals surface area contributed by atoms with Crippen molar-refractivity contribution in [2.24, 2.45) is 0 Å². The van der Waals surface area contributed by atoms with Crippen LogP contribution < -0.4 is 10.2 Å². The maximum atomic E-state index is 11.9. The molecule has 1 unspecified atom stereocenters. The zero-order valence-electron chi connectivity index (χ0n) is 28.4. The fourth-order valence-corrected chi connectivity index (χ4v) is 5.10. The van der Waals surface area contributed by atoms with Gasteiger partial charge in [0.15, 0.2) is 0 Å². The van der Waals surface area contributed by atoms with Crippen molar-refractivity contribution in [1.29, 1.82) is 0 Å². The Morgan fingerprint density at radius 1 is 0.587 bits per heavy atom. The molecule has 1 N–H and O–H groups in total. The molecule has 46 heavy (non-hydrogen) atoms. The van der Waals surface area contributed by atoms with Crippen LogP contribution >= 0.6 is 6.72 Å². The monoisotopic (exact) mass is 706 g/mol. The highest BCUT2D eigenvalue weighted by Gasteiger charge is 2.06. The molecule has 0 heterocycles. The summed E-state index contributed by atoms with van der Waals surface area (Å²) >= 11 is 4.82. The van der Waals surface area contributed by atoms with Crippen LogP contribution in [0.4, 0.5) is 0 Å². The molecule has 0 aromatic rings. The lowest BCUT2D eigenvalue weighted by Gasteiger charge is -2.29. The zero-order chi connectivity index (χ0) is 33.8. The van der Waals surface area contributed by atoms with E-state index in [2.05, 4.69) is 5.32 Å². The van der Waals surface area contributed by atoms with E-state index in [-0.39, 0.29) is 12.0 Å². The van der Waals surface area contributed by atoms with E-state index in [1.54, 1.807) is 13.8 Å². The summed E-state index contributed by atoms with van der Waals surface area (Å²) in [6, 6.07) is 0. The first kappa shape index (κ1) is 45.6. The maximum Gasteiger partial charge on any atom is 0.222 e. The molecule has 0 aromatic carbocycles. The number of hydrogen-bond donors (Lipinski definition) is 1. The maximum absolute atomic E-state index is 11.9. The summed E-state index contributed by atoms with van der Waals surface area (Å²) in [5.74, 6) is -0.0396. The van der Waals surface area contributed by atoms with Gasteiger partial charge in [-0.05, 0) is 33.6 Å². The van der Waals surface area contributed by atoms with Crippen LogP contribution in [0.25, 0.3) is 0 Å². The molecule has 0 aromatic heterocycles.